The predicted octanol–water partition coefficient (Wildman–Crippen LogP) is 4.13. The Labute approximate surface area is 132 Å². The van der Waals surface area contributed by atoms with Crippen LogP contribution in [0.5, 0.6) is 0 Å². The van der Waals surface area contributed by atoms with Crippen LogP contribution in [0.4, 0.5) is 16.2 Å². The highest BCUT2D eigenvalue weighted by molar-refractivity contribution is 6.30. The van der Waals surface area contributed by atoms with E-state index < -0.39 is 11.0 Å². The van der Waals surface area contributed by atoms with Gasteiger partial charge in [-0.15, -0.1) is 0 Å². The molecule has 6 nitrogen and oxygen atoms in total. The summed E-state index contributed by atoms with van der Waals surface area (Å²) < 4.78 is 0. The Balaban J connectivity index is 2.01. The van der Waals surface area contributed by atoms with E-state index >= 15 is 0 Å². The van der Waals surface area contributed by atoms with Crippen molar-refractivity contribution >= 4 is 29.0 Å². The summed E-state index contributed by atoms with van der Waals surface area (Å²) in [6.07, 6.45) is 0. The number of nitrogens with one attached hydrogen (secondary N) is 2. The highest BCUT2D eigenvalue weighted by atomic mass is 35.5. The Morgan fingerprint density at radius 1 is 1.23 bits per heavy atom. The molecule has 0 aliphatic heterocycles. The van der Waals surface area contributed by atoms with Crippen molar-refractivity contribution in [2.24, 2.45) is 0 Å². The molecule has 0 fully saturated rings. The van der Waals surface area contributed by atoms with Crippen molar-refractivity contribution in [3.8, 4) is 0 Å². The van der Waals surface area contributed by atoms with Gasteiger partial charge in [0.1, 0.15) is 0 Å². The maximum absolute atomic E-state index is 11.9. The second-order valence-corrected chi connectivity index (χ2v) is 5.12. The van der Waals surface area contributed by atoms with Crippen LogP contribution in [0.2, 0.25) is 5.02 Å². The molecule has 0 saturated heterocycles. The van der Waals surface area contributed by atoms with Crippen molar-refractivity contribution in [2.45, 2.75) is 13.0 Å². The van der Waals surface area contributed by atoms with Gasteiger partial charge in [-0.3, -0.25) is 10.1 Å². The van der Waals surface area contributed by atoms with Gasteiger partial charge in [-0.2, -0.15) is 0 Å². The number of carbonyl (C=O) groups excluding carboxylic acids is 1. The van der Waals surface area contributed by atoms with E-state index in [1.807, 2.05) is 13.0 Å². The largest absolute Gasteiger partial charge is 0.331 e. The van der Waals surface area contributed by atoms with Crippen molar-refractivity contribution in [1.29, 1.82) is 0 Å². The number of non-ortho nitro benzene ring substituents is 1. The molecule has 114 valence electrons. The first-order valence-corrected chi connectivity index (χ1v) is 6.91. The van der Waals surface area contributed by atoms with E-state index in [0.29, 0.717) is 10.7 Å². The predicted molar refractivity (Wildman–Crippen MR) is 85.1 cm³/mol. The van der Waals surface area contributed by atoms with Gasteiger partial charge in [-0.25, -0.2) is 4.79 Å². The van der Waals surface area contributed by atoms with E-state index in [1.165, 1.54) is 18.2 Å². The molecule has 2 rings (SSSR count). The lowest BCUT2D eigenvalue weighted by atomic mass is 10.1. The second kappa shape index (κ2) is 6.91. The van der Waals surface area contributed by atoms with Crippen LogP contribution in [0, 0.1) is 10.1 Å². The van der Waals surface area contributed by atoms with Crippen LogP contribution in [0.25, 0.3) is 0 Å². The number of amides is 2. The van der Waals surface area contributed by atoms with E-state index in [2.05, 4.69) is 10.6 Å². The minimum atomic E-state index is -0.516. The van der Waals surface area contributed by atoms with Crippen LogP contribution in [0.15, 0.2) is 48.5 Å². The fraction of sp³-hybridized carbons (Fsp3) is 0.133. The zero-order valence-corrected chi connectivity index (χ0v) is 12.5. The fourth-order valence-corrected chi connectivity index (χ4v) is 2.12. The quantitative estimate of drug-likeness (QED) is 0.656. The number of hydrogen-bond acceptors (Lipinski definition) is 3. The molecular formula is C15H14ClN3O3. The minimum Gasteiger partial charge on any atom is -0.331 e. The number of rotatable bonds is 4. The molecule has 2 aromatic carbocycles. The SMILES string of the molecule is CC(NC(=O)Nc1cccc([N+](=O)[O-])c1)c1cccc(Cl)c1. The Morgan fingerprint density at radius 2 is 1.95 bits per heavy atom. The first-order valence-electron chi connectivity index (χ1n) is 6.53. The second-order valence-electron chi connectivity index (χ2n) is 4.68. The van der Waals surface area contributed by atoms with Gasteiger partial charge in [0, 0.05) is 22.8 Å². The van der Waals surface area contributed by atoms with Crippen LogP contribution in [-0.2, 0) is 0 Å². The highest BCUT2D eigenvalue weighted by Crippen LogP contribution is 2.19. The molecule has 0 aromatic heterocycles. The third kappa shape index (κ3) is 4.20. The van der Waals surface area contributed by atoms with Crippen LogP contribution in [-0.4, -0.2) is 11.0 Å². The zero-order valence-electron chi connectivity index (χ0n) is 11.7. The van der Waals surface area contributed by atoms with Crippen molar-refractivity contribution in [2.75, 3.05) is 5.32 Å². The van der Waals surface area contributed by atoms with Gasteiger partial charge >= 0.3 is 6.03 Å². The van der Waals surface area contributed by atoms with Crippen LogP contribution in [0.3, 0.4) is 0 Å². The maximum Gasteiger partial charge on any atom is 0.319 e. The van der Waals surface area contributed by atoms with E-state index in [4.69, 9.17) is 11.6 Å². The van der Waals surface area contributed by atoms with Crippen molar-refractivity contribution in [3.05, 3.63) is 69.2 Å². The average Bonchev–Trinajstić information content (AvgIpc) is 2.47. The Kier molecular flexibility index (Phi) is 4.95. The third-order valence-electron chi connectivity index (χ3n) is 3.01. The van der Waals surface area contributed by atoms with E-state index in [-0.39, 0.29) is 11.7 Å². The normalized spacial score (nSPS) is 11.5. The summed E-state index contributed by atoms with van der Waals surface area (Å²) in [6.45, 7) is 1.82. The van der Waals surface area contributed by atoms with Crippen molar-refractivity contribution < 1.29 is 9.72 Å². The van der Waals surface area contributed by atoms with Gasteiger partial charge in [-0.05, 0) is 30.7 Å². The van der Waals surface area contributed by atoms with Crippen LogP contribution >= 0.6 is 11.6 Å². The summed E-state index contributed by atoms with van der Waals surface area (Å²) in [5.41, 5.74) is 1.13. The first kappa shape index (κ1) is 15.8. The lowest BCUT2D eigenvalue weighted by molar-refractivity contribution is -0.384. The molecule has 0 spiro atoms. The zero-order chi connectivity index (χ0) is 16.1. The number of urea groups is 1. The molecule has 7 heteroatoms. The maximum atomic E-state index is 11.9. The summed E-state index contributed by atoms with van der Waals surface area (Å²) in [4.78, 5) is 22.1. The van der Waals surface area contributed by atoms with Gasteiger partial charge < -0.3 is 10.6 Å². The molecule has 1 atom stereocenters. The topological polar surface area (TPSA) is 84.3 Å². The monoisotopic (exact) mass is 319 g/mol. The summed E-state index contributed by atoms with van der Waals surface area (Å²) >= 11 is 5.91. The number of halogens is 1. The Bertz CT molecular complexity index is 706. The van der Waals surface area contributed by atoms with E-state index in [1.54, 1.807) is 24.3 Å². The number of nitro benzene ring substituents is 1. The number of nitrogens with zero attached hydrogens (tertiary/aromatic N) is 1. The first-order chi connectivity index (χ1) is 10.5. The summed E-state index contributed by atoms with van der Waals surface area (Å²) in [5.74, 6) is 0. The molecule has 0 heterocycles. The summed E-state index contributed by atoms with van der Waals surface area (Å²) in [7, 11) is 0. The standard InChI is InChI=1S/C15H14ClN3O3/c1-10(11-4-2-5-12(16)8-11)17-15(20)18-13-6-3-7-14(9-13)19(21)22/h2-10H,1H3,(H2,17,18,20). The molecule has 1 unspecified atom stereocenters. The molecule has 2 N–H and O–H groups in total. The molecule has 2 amide bonds. The number of hydrogen-bond donors (Lipinski definition) is 2. The number of carbonyl (C=O) groups is 1. The molecular weight excluding hydrogens is 306 g/mol. The van der Waals surface area contributed by atoms with Gasteiger partial charge in [0.15, 0.2) is 0 Å². The lowest BCUT2D eigenvalue weighted by Gasteiger charge is -2.15. The molecule has 22 heavy (non-hydrogen) atoms. The smallest absolute Gasteiger partial charge is 0.319 e. The Morgan fingerprint density at radius 3 is 2.64 bits per heavy atom. The molecule has 0 bridgehead atoms. The van der Waals surface area contributed by atoms with Crippen molar-refractivity contribution in [1.82, 2.24) is 5.32 Å². The summed E-state index contributed by atoms with van der Waals surface area (Å²) in [5, 5.41) is 16.6. The van der Waals surface area contributed by atoms with Crippen LogP contribution < -0.4 is 10.6 Å². The van der Waals surface area contributed by atoms with E-state index in [0.717, 1.165) is 5.56 Å². The van der Waals surface area contributed by atoms with Crippen LogP contribution in [0.1, 0.15) is 18.5 Å². The van der Waals surface area contributed by atoms with Gasteiger partial charge in [0.05, 0.1) is 11.0 Å². The molecule has 2 aromatic rings. The van der Waals surface area contributed by atoms with Gasteiger partial charge in [-0.1, -0.05) is 29.8 Å². The molecule has 0 saturated carbocycles. The Hall–Kier alpha value is -2.60. The number of benzene rings is 2. The molecule has 0 aliphatic rings. The average molecular weight is 320 g/mol. The summed E-state index contributed by atoms with van der Waals surface area (Å²) in [6, 6.07) is 12.2. The molecule has 0 radical (unpaired) electrons. The fourth-order valence-electron chi connectivity index (χ4n) is 1.92. The highest BCUT2D eigenvalue weighted by Gasteiger charge is 2.11. The lowest BCUT2D eigenvalue weighted by Crippen LogP contribution is -2.31. The van der Waals surface area contributed by atoms with Gasteiger partial charge in [0.25, 0.3) is 5.69 Å². The number of nitro groups is 1. The van der Waals surface area contributed by atoms with E-state index in [9.17, 15) is 14.9 Å². The molecule has 0 aliphatic carbocycles. The van der Waals surface area contributed by atoms with Crippen molar-refractivity contribution in [3.63, 3.8) is 0 Å². The minimum absolute atomic E-state index is 0.0827. The third-order valence-corrected chi connectivity index (χ3v) is 3.25. The number of anilines is 1. The van der Waals surface area contributed by atoms with Gasteiger partial charge in [0.2, 0.25) is 0 Å².